The quantitative estimate of drug-likeness (QED) is 0.859. The normalized spacial score (nSPS) is 20.7. The van der Waals surface area contributed by atoms with Crippen molar-refractivity contribution in [2.24, 2.45) is 0 Å². The zero-order chi connectivity index (χ0) is 13.0. The predicted octanol–water partition coefficient (Wildman–Crippen LogP) is 2.14. The van der Waals surface area contributed by atoms with Crippen molar-refractivity contribution in [3.05, 3.63) is 35.6 Å². The molecule has 1 fully saturated rings. The SMILES string of the molecule is CC(NC(=O)CC1CCCN1)c1ccccc1F. The molecule has 3 nitrogen and oxygen atoms in total. The van der Waals surface area contributed by atoms with Crippen molar-refractivity contribution in [1.82, 2.24) is 10.6 Å². The lowest BCUT2D eigenvalue weighted by molar-refractivity contribution is -0.122. The monoisotopic (exact) mass is 250 g/mol. The summed E-state index contributed by atoms with van der Waals surface area (Å²) in [5.74, 6) is -0.297. The first-order chi connectivity index (χ1) is 8.66. The third-order valence-corrected chi connectivity index (χ3v) is 3.34. The summed E-state index contributed by atoms with van der Waals surface area (Å²) < 4.78 is 13.5. The van der Waals surface area contributed by atoms with Crippen molar-refractivity contribution in [2.45, 2.75) is 38.3 Å². The van der Waals surface area contributed by atoms with E-state index in [-0.39, 0.29) is 23.8 Å². The van der Waals surface area contributed by atoms with Crippen LogP contribution in [-0.4, -0.2) is 18.5 Å². The molecule has 4 heteroatoms. The molecule has 1 aliphatic heterocycles. The summed E-state index contributed by atoms with van der Waals surface area (Å²) in [5.41, 5.74) is 0.533. The number of hydrogen-bond donors (Lipinski definition) is 2. The first-order valence-electron chi connectivity index (χ1n) is 6.44. The summed E-state index contributed by atoms with van der Waals surface area (Å²) in [6.45, 7) is 2.79. The summed E-state index contributed by atoms with van der Waals surface area (Å²) >= 11 is 0. The fraction of sp³-hybridized carbons (Fsp3) is 0.500. The van der Waals surface area contributed by atoms with E-state index >= 15 is 0 Å². The second-order valence-electron chi connectivity index (χ2n) is 4.81. The lowest BCUT2D eigenvalue weighted by atomic mass is 10.1. The maximum absolute atomic E-state index is 13.5. The molecule has 98 valence electrons. The number of halogens is 1. The molecule has 0 aromatic heterocycles. The molecule has 0 bridgehead atoms. The first kappa shape index (κ1) is 13.0. The molecule has 0 saturated carbocycles. The molecule has 2 unspecified atom stereocenters. The van der Waals surface area contributed by atoms with Gasteiger partial charge in [-0.3, -0.25) is 4.79 Å². The molecule has 0 spiro atoms. The maximum atomic E-state index is 13.5. The second-order valence-corrected chi connectivity index (χ2v) is 4.81. The predicted molar refractivity (Wildman–Crippen MR) is 68.6 cm³/mol. The minimum absolute atomic E-state index is 0.0230. The third kappa shape index (κ3) is 3.29. The fourth-order valence-electron chi connectivity index (χ4n) is 2.36. The third-order valence-electron chi connectivity index (χ3n) is 3.34. The van der Waals surface area contributed by atoms with Gasteiger partial charge in [-0.1, -0.05) is 18.2 Å². The molecule has 1 saturated heterocycles. The molecule has 2 N–H and O–H groups in total. The summed E-state index contributed by atoms with van der Waals surface area (Å²) in [5, 5.41) is 6.12. The lowest BCUT2D eigenvalue weighted by Gasteiger charge is -2.16. The van der Waals surface area contributed by atoms with E-state index in [1.165, 1.54) is 6.07 Å². The lowest BCUT2D eigenvalue weighted by Crippen LogP contribution is -2.33. The molecule has 0 radical (unpaired) electrons. The van der Waals surface area contributed by atoms with Crippen LogP contribution in [0.1, 0.15) is 37.8 Å². The Hall–Kier alpha value is -1.42. The van der Waals surface area contributed by atoms with Gasteiger partial charge in [0.1, 0.15) is 5.82 Å². The van der Waals surface area contributed by atoms with Crippen LogP contribution >= 0.6 is 0 Å². The number of nitrogens with one attached hydrogen (secondary N) is 2. The van der Waals surface area contributed by atoms with Gasteiger partial charge in [-0.2, -0.15) is 0 Å². The van der Waals surface area contributed by atoms with E-state index in [0.29, 0.717) is 12.0 Å². The Bertz CT molecular complexity index is 416. The highest BCUT2D eigenvalue weighted by Crippen LogP contribution is 2.16. The van der Waals surface area contributed by atoms with Gasteiger partial charge in [-0.15, -0.1) is 0 Å². The highest BCUT2D eigenvalue weighted by atomic mass is 19.1. The summed E-state index contributed by atoms with van der Waals surface area (Å²) in [6, 6.07) is 6.53. The van der Waals surface area contributed by atoms with Crippen molar-refractivity contribution in [1.29, 1.82) is 0 Å². The van der Waals surface area contributed by atoms with Crippen molar-refractivity contribution < 1.29 is 9.18 Å². The maximum Gasteiger partial charge on any atom is 0.222 e. The van der Waals surface area contributed by atoms with Gasteiger partial charge in [-0.25, -0.2) is 4.39 Å². The average Bonchev–Trinajstić information content (AvgIpc) is 2.82. The van der Waals surface area contributed by atoms with E-state index in [1.54, 1.807) is 25.1 Å². The molecule has 1 amide bonds. The van der Waals surface area contributed by atoms with Gasteiger partial charge in [0, 0.05) is 18.0 Å². The van der Waals surface area contributed by atoms with Crippen LogP contribution in [0.5, 0.6) is 0 Å². The van der Waals surface area contributed by atoms with Crippen molar-refractivity contribution >= 4 is 5.91 Å². The Morgan fingerprint density at radius 2 is 2.33 bits per heavy atom. The Balaban J connectivity index is 1.88. The van der Waals surface area contributed by atoms with Gasteiger partial charge in [0.15, 0.2) is 0 Å². The van der Waals surface area contributed by atoms with E-state index in [4.69, 9.17) is 0 Å². The van der Waals surface area contributed by atoms with Gasteiger partial charge in [0.25, 0.3) is 0 Å². The van der Waals surface area contributed by atoms with Crippen molar-refractivity contribution in [2.75, 3.05) is 6.54 Å². The van der Waals surface area contributed by atoms with Crippen LogP contribution in [-0.2, 0) is 4.79 Å². The second kappa shape index (κ2) is 5.96. The van der Waals surface area contributed by atoms with Crippen LogP contribution < -0.4 is 10.6 Å². The Morgan fingerprint density at radius 1 is 1.56 bits per heavy atom. The van der Waals surface area contributed by atoms with Gasteiger partial charge in [0.05, 0.1) is 6.04 Å². The minimum Gasteiger partial charge on any atom is -0.349 e. The minimum atomic E-state index is -0.292. The molecule has 1 aliphatic rings. The molecule has 0 aliphatic carbocycles. The first-order valence-corrected chi connectivity index (χ1v) is 6.44. The topological polar surface area (TPSA) is 41.1 Å². The van der Waals surface area contributed by atoms with Gasteiger partial charge < -0.3 is 10.6 Å². The van der Waals surface area contributed by atoms with Crippen LogP contribution in [0.3, 0.4) is 0 Å². The number of hydrogen-bond acceptors (Lipinski definition) is 2. The van der Waals surface area contributed by atoms with E-state index in [2.05, 4.69) is 10.6 Å². The van der Waals surface area contributed by atoms with Crippen LogP contribution in [0.4, 0.5) is 4.39 Å². The molecule has 2 atom stereocenters. The van der Waals surface area contributed by atoms with Crippen LogP contribution in [0.25, 0.3) is 0 Å². The van der Waals surface area contributed by atoms with Gasteiger partial charge >= 0.3 is 0 Å². The average molecular weight is 250 g/mol. The van der Waals surface area contributed by atoms with Crippen LogP contribution in [0.15, 0.2) is 24.3 Å². The summed E-state index contributed by atoms with van der Waals surface area (Å²) in [6.07, 6.45) is 2.64. The zero-order valence-electron chi connectivity index (χ0n) is 10.6. The number of carbonyl (C=O) groups is 1. The molecule has 2 rings (SSSR count). The molecule has 1 aromatic carbocycles. The number of benzene rings is 1. The highest BCUT2D eigenvalue weighted by Gasteiger charge is 2.19. The van der Waals surface area contributed by atoms with Crippen molar-refractivity contribution in [3.63, 3.8) is 0 Å². The molecule has 1 aromatic rings. The standard InChI is InChI=1S/C14H19FN2O/c1-10(12-6-2-3-7-13(12)15)17-14(18)9-11-5-4-8-16-11/h2-3,6-7,10-11,16H,4-5,8-9H2,1H3,(H,17,18). The van der Waals surface area contributed by atoms with E-state index in [0.717, 1.165) is 19.4 Å². The van der Waals surface area contributed by atoms with Gasteiger partial charge in [0.2, 0.25) is 5.91 Å². The Kier molecular flexibility index (Phi) is 4.31. The number of rotatable bonds is 4. The largest absolute Gasteiger partial charge is 0.349 e. The Labute approximate surface area is 107 Å². The summed E-state index contributed by atoms with van der Waals surface area (Å²) in [4.78, 5) is 11.8. The fourth-order valence-corrected chi connectivity index (χ4v) is 2.36. The molecular formula is C14H19FN2O. The highest BCUT2D eigenvalue weighted by molar-refractivity contribution is 5.77. The molecular weight excluding hydrogens is 231 g/mol. The molecule has 1 heterocycles. The van der Waals surface area contributed by atoms with Crippen LogP contribution in [0, 0.1) is 5.82 Å². The van der Waals surface area contributed by atoms with E-state index < -0.39 is 0 Å². The summed E-state index contributed by atoms with van der Waals surface area (Å²) in [7, 11) is 0. The van der Waals surface area contributed by atoms with Crippen molar-refractivity contribution in [3.8, 4) is 0 Å². The number of amides is 1. The van der Waals surface area contributed by atoms with Crippen LogP contribution in [0.2, 0.25) is 0 Å². The molecule has 18 heavy (non-hydrogen) atoms. The Morgan fingerprint density at radius 3 is 3.00 bits per heavy atom. The van der Waals surface area contributed by atoms with E-state index in [1.807, 2.05) is 0 Å². The van der Waals surface area contributed by atoms with Gasteiger partial charge in [-0.05, 0) is 32.4 Å². The van der Waals surface area contributed by atoms with E-state index in [9.17, 15) is 9.18 Å². The number of carbonyl (C=O) groups excluding carboxylic acids is 1. The zero-order valence-corrected chi connectivity index (χ0v) is 10.6. The smallest absolute Gasteiger partial charge is 0.222 e.